The Balaban J connectivity index is 1.44. The van der Waals surface area contributed by atoms with Crippen molar-refractivity contribution in [2.75, 3.05) is 26.8 Å². The summed E-state index contributed by atoms with van der Waals surface area (Å²) in [4.78, 5) is 43.1. The minimum Gasteiger partial charge on any atom is -0.497 e. The van der Waals surface area contributed by atoms with Crippen LogP contribution in [0.15, 0.2) is 54.7 Å². The smallest absolute Gasteiger partial charge is 0.270 e. The van der Waals surface area contributed by atoms with E-state index >= 15 is 0 Å². The lowest BCUT2D eigenvalue weighted by Gasteiger charge is -2.20. The van der Waals surface area contributed by atoms with Crippen molar-refractivity contribution in [3.05, 3.63) is 66.0 Å². The van der Waals surface area contributed by atoms with Crippen molar-refractivity contribution >= 4 is 17.7 Å². The summed E-state index contributed by atoms with van der Waals surface area (Å²) in [5.74, 6) is 0.668. The van der Waals surface area contributed by atoms with Gasteiger partial charge >= 0.3 is 0 Å². The molecular formula is C27H31N5O5. The van der Waals surface area contributed by atoms with Crippen LogP contribution in [0.1, 0.15) is 40.1 Å². The van der Waals surface area contributed by atoms with E-state index in [1.165, 1.54) is 13.3 Å². The van der Waals surface area contributed by atoms with E-state index in [1.807, 2.05) is 30.3 Å². The van der Waals surface area contributed by atoms with Gasteiger partial charge in [-0.15, -0.1) is 0 Å². The first kappa shape index (κ1) is 25.7. The van der Waals surface area contributed by atoms with E-state index in [2.05, 4.69) is 20.9 Å². The molecule has 0 bridgehead atoms. The van der Waals surface area contributed by atoms with Crippen molar-refractivity contribution in [2.45, 2.75) is 25.3 Å². The number of amides is 3. The molecule has 2 aromatic carbocycles. The number of nitrogens with zero attached hydrogens (tertiary/aromatic N) is 2. The van der Waals surface area contributed by atoms with Crippen LogP contribution in [0.2, 0.25) is 0 Å². The molecule has 0 unspecified atom stereocenters. The number of hydrogen-bond donors (Lipinski definition) is 3. The minimum atomic E-state index is -0.742. The maximum atomic E-state index is 13.1. The highest BCUT2D eigenvalue weighted by atomic mass is 16.5. The maximum absolute atomic E-state index is 13.1. The average Bonchev–Trinajstić information content (AvgIpc) is 3.31. The first-order chi connectivity index (χ1) is 18.0. The Bertz CT molecular complexity index is 1260. The number of imidazole rings is 1. The molecule has 3 aromatic rings. The number of carbonyl (C=O) groups is 3. The highest BCUT2D eigenvalue weighted by Gasteiger charge is 2.24. The molecule has 0 saturated carbocycles. The minimum absolute atomic E-state index is 0.141. The zero-order valence-electron chi connectivity index (χ0n) is 21.0. The van der Waals surface area contributed by atoms with Crippen LogP contribution < -0.4 is 25.4 Å². The Labute approximate surface area is 215 Å². The van der Waals surface area contributed by atoms with Crippen LogP contribution in [0.5, 0.6) is 11.5 Å². The molecule has 37 heavy (non-hydrogen) atoms. The fourth-order valence-electron chi connectivity index (χ4n) is 4.14. The second kappa shape index (κ2) is 12.1. The van der Waals surface area contributed by atoms with Gasteiger partial charge in [0.05, 0.1) is 25.4 Å². The van der Waals surface area contributed by atoms with Gasteiger partial charge in [0.15, 0.2) is 0 Å². The van der Waals surface area contributed by atoms with Crippen molar-refractivity contribution in [3.63, 3.8) is 0 Å². The molecule has 2 heterocycles. The predicted octanol–water partition coefficient (Wildman–Crippen LogP) is 2.30. The Morgan fingerprint density at radius 2 is 1.92 bits per heavy atom. The fourth-order valence-corrected chi connectivity index (χ4v) is 4.14. The lowest BCUT2D eigenvalue weighted by atomic mass is 10.1. The van der Waals surface area contributed by atoms with Crippen molar-refractivity contribution in [1.82, 2.24) is 25.5 Å². The van der Waals surface area contributed by atoms with Crippen LogP contribution in [-0.2, 0) is 11.8 Å². The van der Waals surface area contributed by atoms with Crippen molar-refractivity contribution in [1.29, 1.82) is 0 Å². The summed E-state index contributed by atoms with van der Waals surface area (Å²) in [6.07, 6.45) is 3.20. The molecule has 10 nitrogen and oxygen atoms in total. The Morgan fingerprint density at radius 1 is 1.11 bits per heavy atom. The molecule has 0 radical (unpaired) electrons. The molecule has 3 N–H and O–H groups in total. The largest absolute Gasteiger partial charge is 0.497 e. The molecular weight excluding hydrogens is 474 g/mol. The predicted molar refractivity (Wildman–Crippen MR) is 138 cm³/mol. The van der Waals surface area contributed by atoms with Gasteiger partial charge in [0, 0.05) is 25.2 Å². The average molecular weight is 506 g/mol. The maximum Gasteiger partial charge on any atom is 0.270 e. The van der Waals surface area contributed by atoms with Crippen LogP contribution in [0.25, 0.3) is 11.4 Å². The van der Waals surface area contributed by atoms with E-state index in [4.69, 9.17) is 9.47 Å². The van der Waals surface area contributed by atoms with Gasteiger partial charge < -0.3 is 30.0 Å². The highest BCUT2D eigenvalue weighted by molar-refractivity contribution is 5.97. The van der Waals surface area contributed by atoms with Gasteiger partial charge in [0.25, 0.3) is 11.8 Å². The molecule has 10 heteroatoms. The Kier molecular flexibility index (Phi) is 8.40. The van der Waals surface area contributed by atoms with Crippen molar-refractivity contribution in [2.24, 2.45) is 7.05 Å². The highest BCUT2D eigenvalue weighted by Crippen LogP contribution is 2.25. The quantitative estimate of drug-likeness (QED) is 0.500. The van der Waals surface area contributed by atoms with E-state index in [1.54, 1.807) is 29.8 Å². The van der Waals surface area contributed by atoms with Crippen LogP contribution in [0.4, 0.5) is 0 Å². The summed E-state index contributed by atoms with van der Waals surface area (Å²) in [6.45, 7) is 0.768. The molecule has 1 aliphatic heterocycles. The number of fused-ring (bicyclic) bond motifs is 1. The number of rotatable bonds is 4. The van der Waals surface area contributed by atoms with Crippen LogP contribution in [0, 0.1) is 0 Å². The van der Waals surface area contributed by atoms with E-state index < -0.39 is 6.04 Å². The van der Waals surface area contributed by atoms with Gasteiger partial charge in [-0.2, -0.15) is 0 Å². The number of carbonyl (C=O) groups excluding carboxylic acids is 3. The molecule has 0 aliphatic carbocycles. The second-order valence-corrected chi connectivity index (χ2v) is 8.67. The van der Waals surface area contributed by atoms with E-state index in [-0.39, 0.29) is 30.9 Å². The van der Waals surface area contributed by atoms with Gasteiger partial charge in [0.1, 0.15) is 35.7 Å². The molecule has 0 fully saturated rings. The SMILES string of the molecule is COc1ccc2c(c1)OCCNC(=O)[C@@H](NC(=O)c1cnc(-c3ccccc3)n1C)CCCCNC2=O. The monoisotopic (exact) mass is 505 g/mol. The van der Waals surface area contributed by atoms with Crippen molar-refractivity contribution in [3.8, 4) is 22.9 Å². The zero-order valence-corrected chi connectivity index (χ0v) is 21.0. The van der Waals surface area contributed by atoms with Gasteiger partial charge in [-0.05, 0) is 31.4 Å². The first-order valence-corrected chi connectivity index (χ1v) is 12.2. The summed E-state index contributed by atoms with van der Waals surface area (Å²) in [5.41, 5.74) is 1.65. The van der Waals surface area contributed by atoms with E-state index in [9.17, 15) is 14.4 Å². The summed E-state index contributed by atoms with van der Waals surface area (Å²) < 4.78 is 12.7. The lowest BCUT2D eigenvalue weighted by molar-refractivity contribution is -0.123. The normalized spacial score (nSPS) is 16.9. The molecule has 4 rings (SSSR count). The fraction of sp³-hybridized carbons (Fsp3) is 0.333. The third kappa shape index (κ3) is 6.27. The summed E-state index contributed by atoms with van der Waals surface area (Å²) in [6, 6.07) is 13.8. The van der Waals surface area contributed by atoms with Gasteiger partial charge in [-0.3, -0.25) is 14.4 Å². The van der Waals surface area contributed by atoms with Crippen LogP contribution in [0.3, 0.4) is 0 Å². The van der Waals surface area contributed by atoms with E-state index in [0.717, 1.165) is 5.56 Å². The summed E-state index contributed by atoms with van der Waals surface area (Å²) in [7, 11) is 3.30. The third-order valence-corrected chi connectivity index (χ3v) is 6.17. The summed E-state index contributed by atoms with van der Waals surface area (Å²) >= 11 is 0. The van der Waals surface area contributed by atoms with Crippen LogP contribution >= 0.6 is 0 Å². The van der Waals surface area contributed by atoms with Gasteiger partial charge in [0.2, 0.25) is 5.91 Å². The topological polar surface area (TPSA) is 124 Å². The van der Waals surface area contributed by atoms with Gasteiger partial charge in [-0.25, -0.2) is 4.98 Å². The number of hydrogen-bond acceptors (Lipinski definition) is 6. The first-order valence-electron chi connectivity index (χ1n) is 12.2. The Morgan fingerprint density at radius 3 is 2.70 bits per heavy atom. The molecule has 0 saturated heterocycles. The Hall–Kier alpha value is -4.34. The van der Waals surface area contributed by atoms with Crippen LogP contribution in [-0.4, -0.2) is 60.1 Å². The third-order valence-electron chi connectivity index (χ3n) is 6.17. The van der Waals surface area contributed by atoms with Gasteiger partial charge in [-0.1, -0.05) is 30.3 Å². The molecule has 0 spiro atoms. The second-order valence-electron chi connectivity index (χ2n) is 8.67. The molecule has 1 atom stereocenters. The summed E-state index contributed by atoms with van der Waals surface area (Å²) in [5, 5.41) is 8.57. The number of methoxy groups -OCH3 is 1. The van der Waals surface area contributed by atoms with Crippen molar-refractivity contribution < 1.29 is 23.9 Å². The molecule has 1 aromatic heterocycles. The standard InChI is InChI=1S/C27H31N5O5/c1-32-22(17-30-24(32)18-8-4-3-5-9-18)27(35)31-21-10-6-7-13-28-25(33)20-12-11-19(36-2)16-23(20)37-15-14-29-26(21)34/h3-5,8-9,11-12,16-17,21H,6-7,10,13-15H2,1-2H3,(H,28,33)(H,29,34)(H,31,35)/t21-/m0/s1. The molecule has 194 valence electrons. The lowest BCUT2D eigenvalue weighted by Crippen LogP contribution is -2.48. The van der Waals surface area contributed by atoms with E-state index in [0.29, 0.717) is 54.4 Å². The number of ether oxygens (including phenoxy) is 2. The number of nitrogens with one attached hydrogen (secondary N) is 3. The number of benzene rings is 2. The zero-order chi connectivity index (χ0) is 26.2. The number of aromatic nitrogens is 2. The molecule has 1 aliphatic rings. The molecule has 3 amide bonds.